The van der Waals surface area contributed by atoms with Crippen LogP contribution in [0.3, 0.4) is 0 Å². The quantitative estimate of drug-likeness (QED) is 0.868. The van der Waals surface area contributed by atoms with Crippen molar-refractivity contribution in [2.24, 2.45) is 11.3 Å². The average Bonchev–Trinajstić information content (AvgIpc) is 3.32. The van der Waals surface area contributed by atoms with Crippen LogP contribution in [0.15, 0.2) is 35.4 Å². The summed E-state index contributed by atoms with van der Waals surface area (Å²) in [7, 11) is 0. The van der Waals surface area contributed by atoms with E-state index in [9.17, 15) is 5.11 Å². The number of hydrogen-bond acceptors (Lipinski definition) is 5. The van der Waals surface area contributed by atoms with E-state index in [2.05, 4.69) is 28.0 Å². The minimum atomic E-state index is 0.0183. The lowest BCUT2D eigenvalue weighted by Gasteiger charge is -2.27. The first kappa shape index (κ1) is 15.9. The van der Waals surface area contributed by atoms with Gasteiger partial charge in [0.1, 0.15) is 0 Å². The van der Waals surface area contributed by atoms with Crippen molar-refractivity contribution in [3.8, 4) is 0 Å². The van der Waals surface area contributed by atoms with Gasteiger partial charge in [0.15, 0.2) is 0 Å². The fraction of sp³-hybridized carbons (Fsp3) is 0.611. The lowest BCUT2D eigenvalue weighted by atomic mass is 9.82. The molecular weight excluding hydrogens is 304 g/mol. The lowest BCUT2D eigenvalue weighted by Crippen LogP contribution is -2.36. The fourth-order valence-corrected chi connectivity index (χ4v) is 4.43. The van der Waals surface area contributed by atoms with Crippen molar-refractivity contribution in [3.05, 3.63) is 42.1 Å². The van der Waals surface area contributed by atoms with Crippen LogP contribution in [0.5, 0.6) is 0 Å². The van der Waals surface area contributed by atoms with Gasteiger partial charge >= 0.3 is 0 Å². The second-order valence-electron chi connectivity index (χ2n) is 7.39. The second-order valence-corrected chi connectivity index (χ2v) is 7.39. The Labute approximate surface area is 142 Å². The molecule has 0 radical (unpaired) electrons. The monoisotopic (exact) mass is 330 g/mol. The van der Waals surface area contributed by atoms with Crippen LogP contribution >= 0.6 is 0 Å². The first-order valence-corrected chi connectivity index (χ1v) is 8.79. The van der Waals surface area contributed by atoms with Gasteiger partial charge in [-0.25, -0.2) is 0 Å². The van der Waals surface area contributed by atoms with Crippen LogP contribution in [0.4, 0.5) is 0 Å². The molecule has 2 aliphatic heterocycles. The van der Waals surface area contributed by atoms with Gasteiger partial charge < -0.3 is 9.52 Å². The maximum atomic E-state index is 10.1. The van der Waals surface area contributed by atoms with E-state index in [-0.39, 0.29) is 12.0 Å². The van der Waals surface area contributed by atoms with Crippen molar-refractivity contribution in [3.63, 3.8) is 0 Å². The average molecular weight is 330 g/mol. The smallest absolute Gasteiger partial charge is 0.0947 e. The van der Waals surface area contributed by atoms with Crippen LogP contribution in [0.2, 0.25) is 0 Å². The van der Waals surface area contributed by atoms with Crippen LogP contribution in [-0.2, 0) is 19.6 Å². The number of nitrogens with zero attached hydrogens (tertiary/aromatic N) is 4. The van der Waals surface area contributed by atoms with Gasteiger partial charge in [-0.15, -0.1) is 0 Å². The molecule has 24 heavy (non-hydrogen) atoms. The third-order valence-corrected chi connectivity index (χ3v) is 5.62. The topological polar surface area (TPSA) is 57.7 Å². The number of aliphatic hydroxyl groups is 1. The van der Waals surface area contributed by atoms with Gasteiger partial charge in [-0.05, 0) is 18.9 Å². The summed E-state index contributed by atoms with van der Waals surface area (Å²) in [6.07, 6.45) is 7.64. The van der Waals surface area contributed by atoms with Gasteiger partial charge in [-0.2, -0.15) is 5.10 Å². The van der Waals surface area contributed by atoms with Crippen molar-refractivity contribution in [1.82, 2.24) is 19.6 Å². The Morgan fingerprint density at radius 1 is 1.25 bits per heavy atom. The maximum Gasteiger partial charge on any atom is 0.0947 e. The first-order valence-electron chi connectivity index (χ1n) is 8.79. The molecule has 1 N–H and O–H groups in total. The van der Waals surface area contributed by atoms with Gasteiger partial charge in [0.2, 0.25) is 0 Å². The van der Waals surface area contributed by atoms with Crippen LogP contribution in [-0.4, -0.2) is 57.5 Å². The largest absolute Gasteiger partial charge is 0.472 e. The number of aliphatic hydroxyl groups excluding tert-OH is 1. The van der Waals surface area contributed by atoms with Crippen LogP contribution in [0.1, 0.15) is 18.1 Å². The third kappa shape index (κ3) is 2.90. The van der Waals surface area contributed by atoms with E-state index in [4.69, 9.17) is 4.42 Å². The summed E-state index contributed by atoms with van der Waals surface area (Å²) in [6, 6.07) is 2.03. The number of likely N-dealkylation sites (tertiary alicyclic amines) is 2. The van der Waals surface area contributed by atoms with E-state index in [1.54, 1.807) is 6.26 Å². The molecule has 0 bridgehead atoms. The van der Waals surface area contributed by atoms with Crippen molar-refractivity contribution >= 4 is 0 Å². The van der Waals surface area contributed by atoms with E-state index >= 15 is 0 Å². The van der Waals surface area contributed by atoms with Crippen LogP contribution in [0, 0.1) is 11.3 Å². The van der Waals surface area contributed by atoms with Gasteiger partial charge in [-0.1, -0.05) is 0 Å². The molecule has 2 atom stereocenters. The minimum Gasteiger partial charge on any atom is -0.472 e. The Kier molecular flexibility index (Phi) is 4.20. The number of aromatic nitrogens is 2. The molecule has 0 aliphatic carbocycles. The summed E-state index contributed by atoms with van der Waals surface area (Å²) >= 11 is 0. The molecule has 130 valence electrons. The van der Waals surface area contributed by atoms with E-state index in [0.29, 0.717) is 5.92 Å². The molecule has 0 aromatic carbocycles. The Morgan fingerprint density at radius 3 is 2.54 bits per heavy atom. The minimum absolute atomic E-state index is 0.0183. The molecule has 6 heteroatoms. The second kappa shape index (κ2) is 6.35. The molecule has 2 unspecified atom stereocenters. The summed E-state index contributed by atoms with van der Waals surface area (Å²) in [6.45, 7) is 9.16. The summed E-state index contributed by atoms with van der Waals surface area (Å²) in [4.78, 5) is 4.94. The zero-order valence-electron chi connectivity index (χ0n) is 14.3. The van der Waals surface area contributed by atoms with E-state index < -0.39 is 0 Å². The van der Waals surface area contributed by atoms with Crippen molar-refractivity contribution in [2.45, 2.75) is 26.6 Å². The molecule has 2 aromatic rings. The fourth-order valence-electron chi connectivity index (χ4n) is 4.43. The predicted molar refractivity (Wildman–Crippen MR) is 90.2 cm³/mol. The Balaban J connectivity index is 1.39. The van der Waals surface area contributed by atoms with Crippen molar-refractivity contribution in [1.29, 1.82) is 0 Å². The molecule has 4 rings (SSSR count). The summed E-state index contributed by atoms with van der Waals surface area (Å²) in [5.41, 5.74) is 2.50. The van der Waals surface area contributed by atoms with Crippen molar-refractivity contribution in [2.75, 3.05) is 32.8 Å². The number of aryl methyl sites for hydroxylation is 1. The molecule has 6 nitrogen and oxygen atoms in total. The van der Waals surface area contributed by atoms with Crippen LogP contribution in [0.25, 0.3) is 0 Å². The summed E-state index contributed by atoms with van der Waals surface area (Å²) in [5, 5.41) is 14.5. The van der Waals surface area contributed by atoms with Gasteiger partial charge in [0.25, 0.3) is 0 Å². The molecule has 2 aliphatic rings. The maximum absolute atomic E-state index is 10.1. The highest BCUT2D eigenvalue weighted by Gasteiger charge is 2.51. The Morgan fingerprint density at radius 2 is 2.00 bits per heavy atom. The van der Waals surface area contributed by atoms with Gasteiger partial charge in [0, 0.05) is 68.6 Å². The number of rotatable bonds is 6. The lowest BCUT2D eigenvalue weighted by molar-refractivity contribution is 0.110. The molecule has 2 fully saturated rings. The molecule has 0 saturated carbocycles. The van der Waals surface area contributed by atoms with Crippen LogP contribution < -0.4 is 0 Å². The molecule has 2 aromatic heterocycles. The normalized spacial score (nSPS) is 27.8. The Bertz CT molecular complexity index is 668. The van der Waals surface area contributed by atoms with E-state index in [0.717, 1.165) is 45.8 Å². The Hall–Kier alpha value is -1.63. The predicted octanol–water partition coefficient (Wildman–Crippen LogP) is 1.42. The highest BCUT2D eigenvalue weighted by Crippen LogP contribution is 2.43. The summed E-state index contributed by atoms with van der Waals surface area (Å²) in [5.74, 6) is 0.538. The zero-order valence-corrected chi connectivity index (χ0v) is 14.3. The third-order valence-electron chi connectivity index (χ3n) is 5.62. The SMILES string of the molecule is CCn1cc(CN2CC3CN(Cc4ccoc4)CC3(CO)C2)cn1. The van der Waals surface area contributed by atoms with E-state index in [1.165, 1.54) is 11.1 Å². The van der Waals surface area contributed by atoms with Gasteiger partial charge in [-0.3, -0.25) is 14.5 Å². The zero-order chi connectivity index (χ0) is 16.6. The van der Waals surface area contributed by atoms with Gasteiger partial charge in [0.05, 0.1) is 25.3 Å². The number of furan rings is 1. The summed E-state index contributed by atoms with van der Waals surface area (Å²) < 4.78 is 7.15. The number of hydrogen-bond donors (Lipinski definition) is 1. The molecule has 2 saturated heterocycles. The first-order chi connectivity index (χ1) is 11.7. The van der Waals surface area contributed by atoms with Crippen molar-refractivity contribution < 1.29 is 9.52 Å². The molecule has 0 amide bonds. The highest BCUT2D eigenvalue weighted by molar-refractivity contribution is 5.11. The standard InChI is InChI=1S/C18H26N4O2/c1-2-22-8-16(5-19-22)7-21-10-17-9-20(6-15-3-4-24-11-15)12-18(17,13-21)14-23/h3-5,8,11,17,23H,2,6-7,9-10,12-14H2,1H3. The molecular formula is C18H26N4O2. The highest BCUT2D eigenvalue weighted by atomic mass is 16.3. The van der Waals surface area contributed by atoms with E-state index in [1.807, 2.05) is 23.2 Å². The number of fused-ring (bicyclic) bond motifs is 1. The molecule has 0 spiro atoms. The molecule has 4 heterocycles.